The summed E-state index contributed by atoms with van der Waals surface area (Å²) in [6.07, 6.45) is 0.906. The summed E-state index contributed by atoms with van der Waals surface area (Å²) in [7, 11) is 3.25. The van der Waals surface area contributed by atoms with Gasteiger partial charge >= 0.3 is 0 Å². The van der Waals surface area contributed by atoms with E-state index in [0.717, 1.165) is 24.6 Å². The van der Waals surface area contributed by atoms with Crippen molar-refractivity contribution >= 4 is 35.6 Å². The third-order valence-electron chi connectivity index (χ3n) is 3.50. The lowest BCUT2D eigenvalue weighted by Gasteiger charge is -2.13. The van der Waals surface area contributed by atoms with Crippen molar-refractivity contribution < 1.29 is 9.47 Å². The molecule has 0 aliphatic carbocycles. The van der Waals surface area contributed by atoms with Crippen LogP contribution in [0, 0.1) is 0 Å². The van der Waals surface area contributed by atoms with Gasteiger partial charge in [-0.05, 0) is 31.0 Å². The topological polar surface area (TPSA) is 54.9 Å². The molecule has 0 bridgehead atoms. The van der Waals surface area contributed by atoms with Crippen molar-refractivity contribution in [3.8, 4) is 11.5 Å². The molecule has 0 aliphatic rings. The molecule has 0 aromatic heterocycles. The molecule has 0 atom stereocenters. The quantitative estimate of drug-likeness (QED) is 0.377. The zero-order chi connectivity index (χ0) is 17.2. The average molecular weight is 455 g/mol. The second-order valence-electron chi connectivity index (χ2n) is 5.19. The molecule has 2 N–H and O–H groups in total. The Morgan fingerprint density at radius 1 is 1.00 bits per heavy atom. The third kappa shape index (κ3) is 6.81. The number of ether oxygens (including phenoxy) is 2. The van der Waals surface area contributed by atoms with Gasteiger partial charge in [0.1, 0.15) is 0 Å². The first-order valence-corrected chi connectivity index (χ1v) is 8.08. The van der Waals surface area contributed by atoms with Gasteiger partial charge in [-0.25, -0.2) is 0 Å². The van der Waals surface area contributed by atoms with Crippen molar-refractivity contribution in [2.24, 2.45) is 4.99 Å². The highest BCUT2D eigenvalue weighted by atomic mass is 127. The van der Waals surface area contributed by atoms with Gasteiger partial charge in [0.2, 0.25) is 0 Å². The molecular formula is C19H26IN3O2. The van der Waals surface area contributed by atoms with Gasteiger partial charge in [0.15, 0.2) is 17.5 Å². The Balaban J connectivity index is 0.00000312. The van der Waals surface area contributed by atoms with Crippen LogP contribution in [0.2, 0.25) is 0 Å². The van der Waals surface area contributed by atoms with E-state index in [1.165, 1.54) is 5.56 Å². The molecule has 6 heteroatoms. The molecule has 0 saturated heterocycles. The van der Waals surface area contributed by atoms with Gasteiger partial charge in [-0.1, -0.05) is 30.3 Å². The van der Waals surface area contributed by atoms with Gasteiger partial charge in [-0.2, -0.15) is 0 Å². The first-order chi connectivity index (χ1) is 11.8. The zero-order valence-electron chi connectivity index (χ0n) is 14.9. The highest BCUT2D eigenvalue weighted by molar-refractivity contribution is 14.0. The van der Waals surface area contributed by atoms with Crippen LogP contribution in [0.15, 0.2) is 53.5 Å². The summed E-state index contributed by atoms with van der Waals surface area (Å²) in [5.41, 5.74) is 2.18. The van der Waals surface area contributed by atoms with Crippen LogP contribution < -0.4 is 20.1 Å². The van der Waals surface area contributed by atoms with Crippen molar-refractivity contribution in [3.05, 3.63) is 54.1 Å². The highest BCUT2D eigenvalue weighted by Gasteiger charge is 2.06. The zero-order valence-corrected chi connectivity index (χ0v) is 17.2. The second-order valence-corrected chi connectivity index (χ2v) is 5.19. The molecule has 0 fully saturated rings. The fraction of sp³-hybridized carbons (Fsp3) is 0.316. The molecule has 0 spiro atoms. The van der Waals surface area contributed by atoms with E-state index >= 15 is 0 Å². The van der Waals surface area contributed by atoms with Gasteiger partial charge in [0.05, 0.1) is 14.2 Å². The van der Waals surface area contributed by atoms with E-state index in [2.05, 4.69) is 27.8 Å². The summed E-state index contributed by atoms with van der Waals surface area (Å²) >= 11 is 0. The number of nitrogens with one attached hydrogen (secondary N) is 2. The normalized spacial score (nSPS) is 10.6. The summed E-state index contributed by atoms with van der Waals surface area (Å²) < 4.78 is 10.6. The Morgan fingerprint density at radius 2 is 1.72 bits per heavy atom. The fourth-order valence-corrected chi connectivity index (χ4v) is 2.30. The molecule has 2 rings (SSSR count). The number of anilines is 1. The van der Waals surface area contributed by atoms with Gasteiger partial charge in [-0.3, -0.25) is 4.99 Å². The monoisotopic (exact) mass is 455 g/mol. The second kappa shape index (κ2) is 11.6. The molecule has 0 radical (unpaired) electrons. The van der Waals surface area contributed by atoms with E-state index < -0.39 is 0 Å². The number of hydrogen-bond acceptors (Lipinski definition) is 3. The maximum atomic E-state index is 5.33. The molecule has 2 aromatic rings. The van der Waals surface area contributed by atoms with Crippen molar-refractivity contribution in [1.82, 2.24) is 5.32 Å². The maximum absolute atomic E-state index is 5.33. The number of benzene rings is 2. The Morgan fingerprint density at radius 3 is 2.36 bits per heavy atom. The molecule has 0 saturated carbocycles. The lowest BCUT2D eigenvalue weighted by Crippen LogP contribution is -2.30. The molecule has 5 nitrogen and oxygen atoms in total. The molecule has 0 amide bonds. The van der Waals surface area contributed by atoms with E-state index in [-0.39, 0.29) is 24.0 Å². The number of rotatable bonds is 7. The predicted octanol–water partition coefficient (Wildman–Crippen LogP) is 3.94. The standard InChI is InChI=1S/C19H25N3O2.HI/c1-4-20-19(21-13-12-15-8-6-5-7-9-15)22-16-10-11-17(23-2)18(14-16)24-3;/h5-11,14H,4,12-13H2,1-3H3,(H2,20,21,22);1H. The lowest BCUT2D eigenvalue weighted by atomic mass is 10.2. The summed E-state index contributed by atoms with van der Waals surface area (Å²) in [6, 6.07) is 16.0. The summed E-state index contributed by atoms with van der Waals surface area (Å²) in [5, 5.41) is 6.55. The van der Waals surface area contributed by atoms with Crippen molar-refractivity contribution in [3.63, 3.8) is 0 Å². The Labute approximate surface area is 166 Å². The predicted molar refractivity (Wildman–Crippen MR) is 115 cm³/mol. The van der Waals surface area contributed by atoms with Crippen LogP contribution in [0.4, 0.5) is 5.69 Å². The first kappa shape index (κ1) is 21.1. The van der Waals surface area contributed by atoms with E-state index in [4.69, 9.17) is 9.47 Å². The van der Waals surface area contributed by atoms with E-state index in [9.17, 15) is 0 Å². The number of guanidine groups is 1. The van der Waals surface area contributed by atoms with E-state index in [0.29, 0.717) is 18.0 Å². The minimum absolute atomic E-state index is 0. The minimum atomic E-state index is 0. The summed E-state index contributed by atoms with van der Waals surface area (Å²) in [6.45, 7) is 3.56. The van der Waals surface area contributed by atoms with Crippen LogP contribution in [-0.2, 0) is 6.42 Å². The number of aliphatic imine (C=N–C) groups is 1. The molecule has 0 aliphatic heterocycles. The molecule has 0 heterocycles. The van der Waals surface area contributed by atoms with Crippen LogP contribution in [-0.4, -0.2) is 33.3 Å². The SMILES string of the molecule is CCNC(=NCCc1ccccc1)Nc1ccc(OC)c(OC)c1.I. The van der Waals surface area contributed by atoms with Crippen molar-refractivity contribution in [1.29, 1.82) is 0 Å². The first-order valence-electron chi connectivity index (χ1n) is 8.08. The number of hydrogen-bond donors (Lipinski definition) is 2. The van der Waals surface area contributed by atoms with Crippen LogP contribution >= 0.6 is 24.0 Å². The molecule has 136 valence electrons. The van der Waals surface area contributed by atoms with Crippen LogP contribution in [0.25, 0.3) is 0 Å². The molecular weight excluding hydrogens is 429 g/mol. The third-order valence-corrected chi connectivity index (χ3v) is 3.50. The fourth-order valence-electron chi connectivity index (χ4n) is 2.30. The van der Waals surface area contributed by atoms with Crippen molar-refractivity contribution in [2.75, 3.05) is 32.6 Å². The Bertz CT molecular complexity index is 663. The summed E-state index contributed by atoms with van der Waals surface area (Å²) in [4.78, 5) is 4.62. The number of halogens is 1. The van der Waals surface area contributed by atoms with E-state index in [1.54, 1.807) is 14.2 Å². The van der Waals surface area contributed by atoms with Gasteiger partial charge < -0.3 is 20.1 Å². The average Bonchev–Trinajstić information content (AvgIpc) is 2.62. The van der Waals surface area contributed by atoms with Crippen LogP contribution in [0.5, 0.6) is 11.5 Å². The van der Waals surface area contributed by atoms with Crippen LogP contribution in [0.3, 0.4) is 0 Å². The smallest absolute Gasteiger partial charge is 0.195 e. The summed E-state index contributed by atoms with van der Waals surface area (Å²) in [5.74, 6) is 2.14. The van der Waals surface area contributed by atoms with Crippen LogP contribution in [0.1, 0.15) is 12.5 Å². The number of nitrogens with zero attached hydrogens (tertiary/aromatic N) is 1. The maximum Gasteiger partial charge on any atom is 0.195 e. The van der Waals surface area contributed by atoms with Gasteiger partial charge in [-0.15, -0.1) is 24.0 Å². The Hall–Kier alpha value is -1.96. The lowest BCUT2D eigenvalue weighted by molar-refractivity contribution is 0.355. The number of methoxy groups -OCH3 is 2. The molecule has 2 aromatic carbocycles. The molecule has 0 unspecified atom stereocenters. The largest absolute Gasteiger partial charge is 0.493 e. The van der Waals surface area contributed by atoms with Crippen molar-refractivity contribution in [2.45, 2.75) is 13.3 Å². The van der Waals surface area contributed by atoms with E-state index in [1.807, 2.05) is 43.3 Å². The Kier molecular flexibility index (Phi) is 9.76. The molecule has 25 heavy (non-hydrogen) atoms. The highest BCUT2D eigenvalue weighted by Crippen LogP contribution is 2.29. The minimum Gasteiger partial charge on any atom is -0.493 e. The van der Waals surface area contributed by atoms with Gasteiger partial charge in [0, 0.05) is 24.8 Å². The van der Waals surface area contributed by atoms with Gasteiger partial charge in [0.25, 0.3) is 0 Å².